The number of carboxylic acid groups (broad SMARTS) is 1. The van der Waals surface area contributed by atoms with Crippen LogP contribution in [0.2, 0.25) is 0 Å². The molecule has 1 amide bonds. The van der Waals surface area contributed by atoms with Crippen LogP contribution in [0.15, 0.2) is 5.38 Å². The van der Waals surface area contributed by atoms with Crippen molar-refractivity contribution in [3.8, 4) is 0 Å². The second kappa shape index (κ2) is 5.89. The molecule has 1 rings (SSSR count). The second-order valence-corrected chi connectivity index (χ2v) is 4.87. The predicted molar refractivity (Wildman–Crippen MR) is 65.5 cm³/mol. The summed E-state index contributed by atoms with van der Waals surface area (Å²) < 4.78 is 0. The highest BCUT2D eigenvalue weighted by molar-refractivity contribution is 7.09. The summed E-state index contributed by atoms with van der Waals surface area (Å²) in [5.74, 6) is -1.92. The van der Waals surface area contributed by atoms with Gasteiger partial charge in [-0.2, -0.15) is 0 Å². The number of nitrogens with two attached hydrogens (primary N) is 1. The van der Waals surface area contributed by atoms with Gasteiger partial charge in [-0.15, -0.1) is 11.3 Å². The topological polar surface area (TPSA) is 126 Å². The lowest BCUT2D eigenvalue weighted by molar-refractivity contribution is -0.155. The maximum Gasteiger partial charge on any atom is 0.337 e. The minimum atomic E-state index is -1.99. The molecule has 1 aromatic rings. The zero-order valence-electron chi connectivity index (χ0n) is 9.84. The minimum Gasteiger partial charge on any atom is -0.479 e. The Kier molecular flexibility index (Phi) is 4.76. The molecule has 1 atom stereocenters. The van der Waals surface area contributed by atoms with E-state index in [1.807, 2.05) is 0 Å². The van der Waals surface area contributed by atoms with Gasteiger partial charge in [-0.3, -0.25) is 4.79 Å². The second-order valence-electron chi connectivity index (χ2n) is 3.93. The van der Waals surface area contributed by atoms with E-state index in [2.05, 4.69) is 10.3 Å². The van der Waals surface area contributed by atoms with Crippen LogP contribution in [0, 0.1) is 0 Å². The predicted octanol–water partition coefficient (Wildman–Crippen LogP) is -0.790. The molecule has 0 aliphatic carbocycles. The standard InChI is InChI=1S/C10H15N3O4S/c1-10(17,9(15)16)5-12-8(14)6-4-18-7(13-6)2-3-11/h4,17H,2-3,5,11H2,1H3,(H,12,14)(H,15,16). The number of hydrogen-bond donors (Lipinski definition) is 4. The Hall–Kier alpha value is -1.51. The lowest BCUT2D eigenvalue weighted by Crippen LogP contribution is -2.46. The molecular weight excluding hydrogens is 258 g/mol. The number of aliphatic hydroxyl groups is 1. The number of thiazole rings is 1. The minimum absolute atomic E-state index is 0.199. The molecule has 0 aromatic carbocycles. The number of carbonyl (C=O) groups excluding carboxylic acids is 1. The van der Waals surface area contributed by atoms with E-state index in [4.69, 9.17) is 10.8 Å². The molecule has 1 unspecified atom stereocenters. The van der Waals surface area contributed by atoms with Crippen molar-refractivity contribution in [3.63, 3.8) is 0 Å². The van der Waals surface area contributed by atoms with E-state index in [0.717, 1.165) is 11.9 Å². The van der Waals surface area contributed by atoms with Crippen LogP contribution >= 0.6 is 11.3 Å². The van der Waals surface area contributed by atoms with E-state index >= 15 is 0 Å². The van der Waals surface area contributed by atoms with Crippen LogP contribution in [0.4, 0.5) is 0 Å². The Morgan fingerprint density at radius 3 is 2.83 bits per heavy atom. The lowest BCUT2D eigenvalue weighted by Gasteiger charge is -2.17. The number of hydrogen-bond acceptors (Lipinski definition) is 6. The molecule has 0 fully saturated rings. The Labute approximate surface area is 108 Å². The first kappa shape index (κ1) is 14.6. The maximum atomic E-state index is 11.6. The number of carbonyl (C=O) groups is 2. The van der Waals surface area contributed by atoms with Crippen LogP contribution in [0.1, 0.15) is 22.4 Å². The SMILES string of the molecule is CC(O)(CNC(=O)c1csc(CCN)n1)C(=O)O. The van der Waals surface area contributed by atoms with Gasteiger partial charge in [-0.25, -0.2) is 9.78 Å². The maximum absolute atomic E-state index is 11.6. The van der Waals surface area contributed by atoms with Gasteiger partial charge in [-0.1, -0.05) is 0 Å². The molecule has 0 saturated heterocycles. The molecule has 0 aliphatic heterocycles. The van der Waals surface area contributed by atoms with Gasteiger partial charge in [-0.05, 0) is 13.5 Å². The van der Waals surface area contributed by atoms with E-state index in [9.17, 15) is 14.7 Å². The number of aliphatic carboxylic acids is 1. The smallest absolute Gasteiger partial charge is 0.337 e. The van der Waals surface area contributed by atoms with Gasteiger partial charge in [0.2, 0.25) is 0 Å². The molecule has 0 radical (unpaired) electrons. The average Bonchev–Trinajstić information content (AvgIpc) is 2.75. The van der Waals surface area contributed by atoms with Gasteiger partial charge in [0.15, 0.2) is 5.60 Å². The third-order valence-corrected chi connectivity index (χ3v) is 3.11. The van der Waals surface area contributed by atoms with Crippen molar-refractivity contribution >= 4 is 23.2 Å². The Morgan fingerprint density at radius 1 is 1.61 bits per heavy atom. The number of amides is 1. The number of rotatable bonds is 6. The Morgan fingerprint density at radius 2 is 2.28 bits per heavy atom. The molecule has 18 heavy (non-hydrogen) atoms. The summed E-state index contributed by atoms with van der Waals surface area (Å²) in [6, 6.07) is 0. The zero-order chi connectivity index (χ0) is 13.8. The summed E-state index contributed by atoms with van der Waals surface area (Å²) in [4.78, 5) is 26.3. The summed E-state index contributed by atoms with van der Waals surface area (Å²) >= 11 is 1.31. The average molecular weight is 273 g/mol. The van der Waals surface area contributed by atoms with Crippen molar-refractivity contribution in [3.05, 3.63) is 16.1 Å². The van der Waals surface area contributed by atoms with Gasteiger partial charge >= 0.3 is 5.97 Å². The number of nitrogens with one attached hydrogen (secondary N) is 1. The van der Waals surface area contributed by atoms with Crippen molar-refractivity contribution < 1.29 is 19.8 Å². The van der Waals surface area contributed by atoms with Crippen LogP contribution in [0.25, 0.3) is 0 Å². The van der Waals surface area contributed by atoms with E-state index in [-0.39, 0.29) is 12.2 Å². The molecule has 7 nitrogen and oxygen atoms in total. The first-order chi connectivity index (χ1) is 8.36. The fraction of sp³-hybridized carbons (Fsp3) is 0.500. The van der Waals surface area contributed by atoms with Crippen molar-refractivity contribution in [2.75, 3.05) is 13.1 Å². The molecule has 0 spiro atoms. The lowest BCUT2D eigenvalue weighted by atomic mass is 10.1. The number of carboxylic acids is 1. The first-order valence-corrected chi connectivity index (χ1v) is 6.13. The Balaban J connectivity index is 2.57. The van der Waals surface area contributed by atoms with Gasteiger partial charge in [0.25, 0.3) is 5.91 Å². The first-order valence-electron chi connectivity index (χ1n) is 5.25. The highest BCUT2D eigenvalue weighted by Crippen LogP contribution is 2.10. The largest absolute Gasteiger partial charge is 0.479 e. The highest BCUT2D eigenvalue weighted by atomic mass is 32.1. The molecular formula is C10H15N3O4S. The van der Waals surface area contributed by atoms with Crippen LogP contribution in [-0.2, 0) is 11.2 Å². The van der Waals surface area contributed by atoms with Crippen LogP contribution < -0.4 is 11.1 Å². The van der Waals surface area contributed by atoms with Gasteiger partial charge in [0.05, 0.1) is 11.6 Å². The van der Waals surface area contributed by atoms with Gasteiger partial charge in [0, 0.05) is 11.8 Å². The fourth-order valence-corrected chi connectivity index (χ4v) is 1.87. The molecule has 1 heterocycles. The Bertz CT molecular complexity index is 444. The molecule has 1 aromatic heterocycles. The molecule has 5 N–H and O–H groups in total. The van der Waals surface area contributed by atoms with E-state index in [0.29, 0.717) is 13.0 Å². The van der Waals surface area contributed by atoms with Crippen molar-refractivity contribution in [1.82, 2.24) is 10.3 Å². The number of nitrogens with zero attached hydrogens (tertiary/aromatic N) is 1. The van der Waals surface area contributed by atoms with Gasteiger partial charge < -0.3 is 21.3 Å². The van der Waals surface area contributed by atoms with E-state index in [1.165, 1.54) is 11.3 Å². The molecule has 0 aliphatic rings. The molecule has 100 valence electrons. The van der Waals surface area contributed by atoms with Crippen LogP contribution in [0.5, 0.6) is 0 Å². The summed E-state index contributed by atoms with van der Waals surface area (Å²) in [5.41, 5.74) is 3.57. The quantitative estimate of drug-likeness (QED) is 0.538. The summed E-state index contributed by atoms with van der Waals surface area (Å²) in [6.45, 7) is 1.17. The zero-order valence-corrected chi connectivity index (χ0v) is 10.7. The summed E-state index contributed by atoms with van der Waals surface area (Å²) in [7, 11) is 0. The number of aromatic nitrogens is 1. The van der Waals surface area contributed by atoms with E-state index in [1.54, 1.807) is 5.38 Å². The van der Waals surface area contributed by atoms with E-state index < -0.39 is 17.5 Å². The highest BCUT2D eigenvalue weighted by Gasteiger charge is 2.30. The van der Waals surface area contributed by atoms with Crippen molar-refractivity contribution in [2.45, 2.75) is 18.9 Å². The van der Waals surface area contributed by atoms with Crippen molar-refractivity contribution in [2.24, 2.45) is 5.73 Å². The summed E-state index contributed by atoms with van der Waals surface area (Å²) in [6.07, 6.45) is 0.588. The fourth-order valence-electron chi connectivity index (χ4n) is 1.07. The van der Waals surface area contributed by atoms with Crippen LogP contribution in [-0.4, -0.2) is 45.8 Å². The third-order valence-electron chi connectivity index (χ3n) is 2.20. The van der Waals surface area contributed by atoms with Gasteiger partial charge in [0.1, 0.15) is 5.69 Å². The van der Waals surface area contributed by atoms with Crippen molar-refractivity contribution in [1.29, 1.82) is 0 Å². The molecule has 8 heteroatoms. The summed E-state index contributed by atoms with van der Waals surface area (Å²) in [5, 5.41) is 22.7. The third kappa shape index (κ3) is 3.76. The molecule has 0 saturated carbocycles. The normalized spacial score (nSPS) is 13.9. The monoisotopic (exact) mass is 273 g/mol. The molecule has 0 bridgehead atoms. The van der Waals surface area contributed by atoms with Crippen LogP contribution in [0.3, 0.4) is 0 Å².